The first-order chi connectivity index (χ1) is 12.7. The van der Waals surface area contributed by atoms with Crippen LogP contribution >= 0.6 is 0 Å². The van der Waals surface area contributed by atoms with Crippen molar-refractivity contribution in [2.45, 2.75) is 12.8 Å². The number of aromatic nitrogens is 1. The third-order valence-corrected chi connectivity index (χ3v) is 3.93. The molecule has 3 rings (SSSR count). The lowest BCUT2D eigenvalue weighted by atomic mass is 10.1. The predicted molar refractivity (Wildman–Crippen MR) is 90.7 cm³/mol. The normalized spacial score (nSPS) is 11.8. The van der Waals surface area contributed by atoms with Crippen LogP contribution in [0.4, 0.5) is 27.6 Å². The minimum atomic E-state index is -4.58. The highest BCUT2D eigenvalue weighted by Gasteiger charge is 2.31. The largest absolute Gasteiger partial charge is 0.435 e. The van der Waals surface area contributed by atoms with Crippen molar-refractivity contribution >= 4 is 16.6 Å². The fraction of sp³-hybridized carbons (Fsp3) is 0.167. The monoisotopic (exact) mass is 384 g/mol. The van der Waals surface area contributed by atoms with Crippen molar-refractivity contribution in [1.29, 1.82) is 0 Å². The number of benzene rings is 2. The van der Waals surface area contributed by atoms with Gasteiger partial charge < -0.3 is 10.1 Å². The van der Waals surface area contributed by atoms with Gasteiger partial charge in [-0.05, 0) is 36.4 Å². The van der Waals surface area contributed by atoms with E-state index < -0.39 is 23.9 Å². The van der Waals surface area contributed by atoms with Crippen LogP contribution in [0, 0.1) is 0 Å². The van der Waals surface area contributed by atoms with Gasteiger partial charge in [0, 0.05) is 29.9 Å². The van der Waals surface area contributed by atoms with Crippen LogP contribution in [-0.4, -0.2) is 18.2 Å². The summed E-state index contributed by atoms with van der Waals surface area (Å²) in [5, 5.41) is 3.18. The number of hydrogen-bond donors (Lipinski definition) is 1. The second kappa shape index (κ2) is 6.90. The van der Waals surface area contributed by atoms with Crippen LogP contribution in [-0.2, 0) is 6.18 Å². The van der Waals surface area contributed by atoms with E-state index in [4.69, 9.17) is 0 Å². The van der Waals surface area contributed by atoms with E-state index in [-0.39, 0.29) is 17.0 Å². The van der Waals surface area contributed by atoms with Crippen LogP contribution in [0.5, 0.6) is 5.75 Å². The summed E-state index contributed by atoms with van der Waals surface area (Å²) in [7, 11) is 1.55. The fourth-order valence-electron chi connectivity index (χ4n) is 2.76. The third kappa shape index (κ3) is 3.71. The molecule has 9 heteroatoms. The lowest BCUT2D eigenvalue weighted by molar-refractivity contribution is -0.137. The Bertz CT molecular complexity index is 1030. The van der Waals surface area contributed by atoms with Crippen molar-refractivity contribution in [2.24, 2.45) is 0 Å². The zero-order valence-corrected chi connectivity index (χ0v) is 13.8. The maximum atomic E-state index is 13.1. The summed E-state index contributed by atoms with van der Waals surface area (Å²) >= 11 is 0. The maximum Gasteiger partial charge on any atom is 0.416 e. The van der Waals surface area contributed by atoms with Crippen LogP contribution in [0.15, 0.2) is 53.3 Å². The van der Waals surface area contributed by atoms with Crippen molar-refractivity contribution in [3.05, 3.63) is 64.4 Å². The van der Waals surface area contributed by atoms with E-state index in [0.717, 1.165) is 16.7 Å². The molecule has 3 aromatic rings. The van der Waals surface area contributed by atoms with Gasteiger partial charge in [0.2, 0.25) is 0 Å². The predicted octanol–water partition coefficient (Wildman–Crippen LogP) is 4.65. The van der Waals surface area contributed by atoms with Crippen LogP contribution in [0.2, 0.25) is 0 Å². The molecule has 0 amide bonds. The van der Waals surface area contributed by atoms with Crippen molar-refractivity contribution in [3.63, 3.8) is 0 Å². The molecule has 0 fully saturated rings. The summed E-state index contributed by atoms with van der Waals surface area (Å²) < 4.78 is 69.2. The molecule has 4 nitrogen and oxygen atoms in total. The number of hydrogen-bond acceptors (Lipinski definition) is 3. The number of fused-ring (bicyclic) bond motifs is 1. The van der Waals surface area contributed by atoms with E-state index in [1.807, 2.05) is 0 Å². The van der Waals surface area contributed by atoms with Crippen LogP contribution in [0.3, 0.4) is 0 Å². The van der Waals surface area contributed by atoms with Crippen molar-refractivity contribution in [1.82, 2.24) is 4.57 Å². The van der Waals surface area contributed by atoms with E-state index in [0.29, 0.717) is 11.1 Å². The molecule has 2 aromatic carbocycles. The molecule has 0 unspecified atom stereocenters. The quantitative estimate of drug-likeness (QED) is 0.666. The zero-order valence-electron chi connectivity index (χ0n) is 13.8. The lowest BCUT2D eigenvalue weighted by Crippen LogP contribution is -2.19. The summed E-state index contributed by atoms with van der Waals surface area (Å²) in [6, 6.07) is 9.38. The molecule has 0 saturated carbocycles. The van der Waals surface area contributed by atoms with Gasteiger partial charge in [-0.1, -0.05) is 6.07 Å². The number of pyridine rings is 1. The highest BCUT2D eigenvalue weighted by Crippen LogP contribution is 2.33. The Hall–Kier alpha value is -3.10. The Morgan fingerprint density at radius 1 is 1.04 bits per heavy atom. The molecule has 0 aliphatic carbocycles. The Morgan fingerprint density at radius 2 is 1.70 bits per heavy atom. The zero-order chi connectivity index (χ0) is 19.8. The van der Waals surface area contributed by atoms with Gasteiger partial charge in [-0.3, -0.25) is 9.36 Å². The van der Waals surface area contributed by atoms with E-state index in [1.54, 1.807) is 7.05 Å². The molecular formula is C18H13F5N2O2. The molecule has 1 aromatic heterocycles. The standard InChI is InChI=1S/C18H13F5N2O2/c1-24-14-9-16(26)25(11-3-5-12(6-4-11)27-17(19)20)15-8-10(18(21,22)23)2-7-13(14)15/h2-9,17,24H,1H3. The third-order valence-electron chi connectivity index (χ3n) is 3.93. The second-order valence-corrected chi connectivity index (χ2v) is 5.58. The summed E-state index contributed by atoms with van der Waals surface area (Å²) in [6.45, 7) is -3.01. The van der Waals surface area contributed by atoms with Gasteiger partial charge in [-0.15, -0.1) is 0 Å². The molecule has 0 atom stereocenters. The lowest BCUT2D eigenvalue weighted by Gasteiger charge is -2.16. The fourth-order valence-corrected chi connectivity index (χ4v) is 2.76. The highest BCUT2D eigenvalue weighted by atomic mass is 19.4. The van der Waals surface area contributed by atoms with Crippen LogP contribution in [0.1, 0.15) is 5.56 Å². The molecule has 27 heavy (non-hydrogen) atoms. The molecular weight excluding hydrogens is 371 g/mol. The molecule has 0 saturated heterocycles. The van der Waals surface area contributed by atoms with Gasteiger partial charge in [-0.25, -0.2) is 0 Å². The Labute approximate surface area is 149 Å². The minimum Gasteiger partial charge on any atom is -0.435 e. The van der Waals surface area contributed by atoms with Crippen LogP contribution in [0.25, 0.3) is 16.6 Å². The second-order valence-electron chi connectivity index (χ2n) is 5.58. The molecule has 0 aliphatic heterocycles. The van der Waals surface area contributed by atoms with Crippen molar-refractivity contribution < 1.29 is 26.7 Å². The number of nitrogens with one attached hydrogen (secondary N) is 1. The Morgan fingerprint density at radius 3 is 2.26 bits per heavy atom. The first kappa shape index (κ1) is 18.7. The van der Waals surface area contributed by atoms with Gasteiger partial charge in [0.05, 0.1) is 11.1 Å². The molecule has 0 radical (unpaired) electrons. The molecule has 0 spiro atoms. The number of ether oxygens (including phenoxy) is 1. The number of alkyl halides is 5. The Balaban J connectivity index is 2.25. The van der Waals surface area contributed by atoms with Gasteiger partial charge in [0.25, 0.3) is 5.56 Å². The maximum absolute atomic E-state index is 13.1. The first-order valence-corrected chi connectivity index (χ1v) is 7.70. The first-order valence-electron chi connectivity index (χ1n) is 7.70. The highest BCUT2D eigenvalue weighted by molar-refractivity contribution is 5.92. The average molecular weight is 384 g/mol. The van der Waals surface area contributed by atoms with E-state index in [9.17, 15) is 26.7 Å². The molecule has 1 N–H and O–H groups in total. The summed E-state index contributed by atoms with van der Waals surface area (Å²) in [5.41, 5.74) is -0.863. The van der Waals surface area contributed by atoms with E-state index in [1.165, 1.54) is 36.4 Å². The number of anilines is 1. The Kier molecular flexibility index (Phi) is 4.77. The van der Waals surface area contributed by atoms with E-state index >= 15 is 0 Å². The van der Waals surface area contributed by atoms with E-state index in [2.05, 4.69) is 10.1 Å². The summed E-state index contributed by atoms with van der Waals surface area (Å²) in [4.78, 5) is 12.5. The van der Waals surface area contributed by atoms with Gasteiger partial charge in [-0.2, -0.15) is 22.0 Å². The number of nitrogens with zero attached hydrogens (tertiary/aromatic N) is 1. The van der Waals surface area contributed by atoms with Crippen molar-refractivity contribution in [2.75, 3.05) is 12.4 Å². The SMILES string of the molecule is CNc1cc(=O)n(-c2ccc(OC(F)F)cc2)c2cc(C(F)(F)F)ccc12. The molecule has 0 aliphatic rings. The van der Waals surface area contributed by atoms with Crippen molar-refractivity contribution in [3.8, 4) is 11.4 Å². The number of rotatable bonds is 4. The minimum absolute atomic E-state index is 0.0317. The summed E-state index contributed by atoms with van der Waals surface area (Å²) in [5.74, 6) is -0.131. The average Bonchev–Trinajstić information content (AvgIpc) is 2.60. The smallest absolute Gasteiger partial charge is 0.416 e. The molecule has 0 bridgehead atoms. The topological polar surface area (TPSA) is 43.3 Å². The van der Waals surface area contributed by atoms with Gasteiger partial charge >= 0.3 is 12.8 Å². The van der Waals surface area contributed by atoms with Gasteiger partial charge in [0.1, 0.15) is 5.75 Å². The summed E-state index contributed by atoms with van der Waals surface area (Å²) in [6.07, 6.45) is -4.58. The van der Waals surface area contributed by atoms with Crippen LogP contribution < -0.4 is 15.6 Å². The molecule has 1 heterocycles. The number of halogens is 5. The molecule has 142 valence electrons. The van der Waals surface area contributed by atoms with Gasteiger partial charge in [0.15, 0.2) is 0 Å².